The van der Waals surface area contributed by atoms with Crippen molar-refractivity contribution in [1.82, 2.24) is 4.90 Å². The molecule has 1 aromatic carbocycles. The Morgan fingerprint density at radius 2 is 2.10 bits per heavy atom. The van der Waals surface area contributed by atoms with Crippen molar-refractivity contribution in [3.63, 3.8) is 0 Å². The van der Waals surface area contributed by atoms with Crippen molar-refractivity contribution < 1.29 is 19.2 Å². The summed E-state index contributed by atoms with van der Waals surface area (Å²) in [4.78, 5) is 34.5. The quantitative estimate of drug-likeness (QED) is 0.496. The van der Waals surface area contributed by atoms with Crippen molar-refractivity contribution in [2.24, 2.45) is 0 Å². The molecule has 106 valence electrons. The summed E-state index contributed by atoms with van der Waals surface area (Å²) in [5.41, 5.74) is 0.203. The van der Waals surface area contributed by atoms with Crippen molar-refractivity contribution in [3.05, 3.63) is 28.3 Å². The van der Waals surface area contributed by atoms with Gasteiger partial charge in [0.15, 0.2) is 0 Å². The highest BCUT2D eigenvalue weighted by Crippen LogP contribution is 2.27. The number of rotatable bonds is 4. The number of nitro groups is 1. The van der Waals surface area contributed by atoms with E-state index in [0.29, 0.717) is 11.4 Å². The third kappa shape index (κ3) is 2.53. The highest BCUT2D eigenvalue weighted by molar-refractivity contribution is 6.06. The number of hydrogen-bond acceptors (Lipinski definition) is 6. The average Bonchev–Trinajstić information content (AvgIpc) is 2.66. The summed E-state index contributed by atoms with van der Waals surface area (Å²) in [6.45, 7) is 0. The third-order valence-corrected chi connectivity index (χ3v) is 3.06. The fourth-order valence-electron chi connectivity index (χ4n) is 1.96. The number of amides is 2. The number of methoxy groups -OCH3 is 1. The minimum Gasteiger partial charge on any atom is -0.496 e. The molecule has 1 aliphatic rings. The lowest BCUT2D eigenvalue weighted by molar-refractivity contribution is -0.384. The SMILES string of the molecule is COc1cc(NC2CC(=O)N(C)C2=O)cc([N+](=O)[O-])c1. The van der Waals surface area contributed by atoms with Gasteiger partial charge in [-0.2, -0.15) is 0 Å². The number of imide groups is 1. The van der Waals surface area contributed by atoms with Crippen LogP contribution in [0.4, 0.5) is 11.4 Å². The summed E-state index contributed by atoms with van der Waals surface area (Å²) >= 11 is 0. The van der Waals surface area contributed by atoms with Crippen LogP contribution in [0.15, 0.2) is 18.2 Å². The van der Waals surface area contributed by atoms with Gasteiger partial charge >= 0.3 is 0 Å². The van der Waals surface area contributed by atoms with Crippen LogP contribution < -0.4 is 10.1 Å². The Balaban J connectivity index is 2.25. The topological polar surface area (TPSA) is 102 Å². The van der Waals surface area contributed by atoms with Crippen LogP contribution in [-0.2, 0) is 9.59 Å². The first-order valence-corrected chi connectivity index (χ1v) is 5.83. The maximum atomic E-state index is 11.8. The normalized spacial score (nSPS) is 18.3. The zero-order chi connectivity index (χ0) is 14.9. The predicted molar refractivity (Wildman–Crippen MR) is 69.5 cm³/mol. The van der Waals surface area contributed by atoms with Gasteiger partial charge in [-0.1, -0.05) is 0 Å². The molecule has 0 radical (unpaired) electrons. The van der Waals surface area contributed by atoms with E-state index in [0.717, 1.165) is 4.90 Å². The standard InChI is InChI=1S/C12H13N3O5/c1-14-11(16)6-10(12(14)17)13-7-3-8(15(18)19)5-9(4-7)20-2/h3-5,10,13H,6H2,1-2H3. The van der Waals surface area contributed by atoms with Crippen molar-refractivity contribution in [3.8, 4) is 5.75 Å². The van der Waals surface area contributed by atoms with Gasteiger partial charge in [0.25, 0.3) is 11.6 Å². The molecule has 1 aromatic rings. The van der Waals surface area contributed by atoms with Crippen LogP contribution >= 0.6 is 0 Å². The molecule has 0 saturated carbocycles. The number of benzene rings is 1. The highest BCUT2D eigenvalue weighted by Gasteiger charge is 2.36. The van der Waals surface area contributed by atoms with Crippen LogP contribution in [0.1, 0.15) is 6.42 Å². The van der Waals surface area contributed by atoms with Gasteiger partial charge in [0.1, 0.15) is 11.8 Å². The Kier molecular flexibility index (Phi) is 3.55. The van der Waals surface area contributed by atoms with E-state index in [-0.39, 0.29) is 23.9 Å². The number of carbonyl (C=O) groups is 2. The number of non-ortho nitro benzene ring substituents is 1. The second kappa shape index (κ2) is 5.16. The minimum absolute atomic E-state index is 0.0281. The van der Waals surface area contributed by atoms with E-state index in [1.807, 2.05) is 0 Å². The molecule has 0 spiro atoms. The first-order chi connectivity index (χ1) is 9.42. The predicted octanol–water partition coefficient (Wildman–Crippen LogP) is 0.773. The summed E-state index contributed by atoms with van der Waals surface area (Å²) < 4.78 is 4.97. The summed E-state index contributed by atoms with van der Waals surface area (Å²) in [6.07, 6.45) is 0.0281. The molecule has 1 unspecified atom stereocenters. The van der Waals surface area contributed by atoms with Crippen molar-refractivity contribution in [1.29, 1.82) is 0 Å². The molecule has 1 saturated heterocycles. The fraction of sp³-hybridized carbons (Fsp3) is 0.333. The van der Waals surface area contributed by atoms with E-state index in [1.54, 1.807) is 0 Å². The third-order valence-electron chi connectivity index (χ3n) is 3.06. The Hall–Kier alpha value is -2.64. The molecule has 0 aliphatic carbocycles. The largest absolute Gasteiger partial charge is 0.496 e. The van der Waals surface area contributed by atoms with Gasteiger partial charge < -0.3 is 10.1 Å². The average molecular weight is 279 g/mol. The van der Waals surface area contributed by atoms with Crippen LogP contribution in [0.5, 0.6) is 5.75 Å². The minimum atomic E-state index is -0.709. The number of nitrogens with one attached hydrogen (secondary N) is 1. The summed E-state index contributed by atoms with van der Waals surface area (Å²) in [5.74, 6) is -0.350. The molecule has 1 fully saturated rings. The molecule has 0 aromatic heterocycles. The number of anilines is 1. The van der Waals surface area contributed by atoms with E-state index in [1.165, 1.54) is 32.4 Å². The lowest BCUT2D eigenvalue weighted by atomic mass is 10.2. The molecular formula is C12H13N3O5. The zero-order valence-electron chi connectivity index (χ0n) is 11.0. The molecule has 1 N–H and O–H groups in total. The van der Waals surface area contributed by atoms with Crippen molar-refractivity contribution in [2.75, 3.05) is 19.5 Å². The van der Waals surface area contributed by atoms with E-state index >= 15 is 0 Å². The van der Waals surface area contributed by atoms with Gasteiger partial charge in [0.05, 0.1) is 24.5 Å². The van der Waals surface area contributed by atoms with Gasteiger partial charge in [0.2, 0.25) is 5.91 Å². The molecule has 1 atom stereocenters. The molecule has 20 heavy (non-hydrogen) atoms. The van der Waals surface area contributed by atoms with Crippen LogP contribution in [0.3, 0.4) is 0 Å². The van der Waals surface area contributed by atoms with Gasteiger partial charge in [-0.3, -0.25) is 24.6 Å². The monoisotopic (exact) mass is 279 g/mol. The smallest absolute Gasteiger partial charge is 0.275 e. The van der Waals surface area contributed by atoms with Crippen molar-refractivity contribution >= 4 is 23.2 Å². The fourth-order valence-corrected chi connectivity index (χ4v) is 1.96. The number of likely N-dealkylation sites (tertiary alicyclic amines) is 1. The lowest BCUT2D eigenvalue weighted by Gasteiger charge is -2.13. The number of likely N-dealkylation sites (N-methyl/N-ethyl adjacent to an activating group) is 1. The molecule has 1 aliphatic heterocycles. The Bertz CT molecular complexity index is 586. The summed E-state index contributed by atoms with van der Waals surface area (Å²) in [7, 11) is 2.79. The Labute approximate surface area is 114 Å². The molecule has 2 amide bonds. The lowest BCUT2D eigenvalue weighted by Crippen LogP contribution is -2.31. The number of nitro benzene ring substituents is 1. The van der Waals surface area contributed by atoms with E-state index in [2.05, 4.69) is 5.32 Å². The number of carbonyl (C=O) groups excluding carboxylic acids is 2. The molecule has 0 bridgehead atoms. The zero-order valence-corrected chi connectivity index (χ0v) is 11.0. The van der Waals surface area contributed by atoms with Crippen LogP contribution in [0.2, 0.25) is 0 Å². The molecule has 1 heterocycles. The number of hydrogen-bond donors (Lipinski definition) is 1. The van der Waals surface area contributed by atoms with Gasteiger partial charge in [-0.15, -0.1) is 0 Å². The summed E-state index contributed by atoms with van der Waals surface area (Å²) in [5, 5.41) is 13.6. The van der Waals surface area contributed by atoms with Crippen molar-refractivity contribution in [2.45, 2.75) is 12.5 Å². The molecular weight excluding hydrogens is 266 g/mol. The van der Waals surface area contributed by atoms with Gasteiger partial charge in [-0.25, -0.2) is 0 Å². The molecule has 8 heteroatoms. The summed E-state index contributed by atoms with van der Waals surface area (Å²) in [6, 6.07) is 3.39. The first-order valence-electron chi connectivity index (χ1n) is 5.83. The second-order valence-corrected chi connectivity index (χ2v) is 4.37. The van der Waals surface area contributed by atoms with Gasteiger partial charge in [-0.05, 0) is 0 Å². The Morgan fingerprint density at radius 3 is 2.60 bits per heavy atom. The maximum absolute atomic E-state index is 11.8. The molecule has 2 rings (SSSR count). The van der Waals surface area contributed by atoms with Crippen LogP contribution in [-0.4, -0.2) is 41.8 Å². The molecule has 8 nitrogen and oxygen atoms in total. The van der Waals surface area contributed by atoms with E-state index in [9.17, 15) is 19.7 Å². The maximum Gasteiger partial charge on any atom is 0.275 e. The Morgan fingerprint density at radius 1 is 1.40 bits per heavy atom. The number of ether oxygens (including phenoxy) is 1. The van der Waals surface area contributed by atoms with E-state index < -0.39 is 11.0 Å². The number of nitrogens with zero attached hydrogens (tertiary/aromatic N) is 2. The highest BCUT2D eigenvalue weighted by atomic mass is 16.6. The van der Waals surface area contributed by atoms with Gasteiger partial charge in [0, 0.05) is 24.9 Å². The first kappa shape index (κ1) is 13.8. The van der Waals surface area contributed by atoms with Crippen LogP contribution in [0, 0.1) is 10.1 Å². The van der Waals surface area contributed by atoms with E-state index in [4.69, 9.17) is 4.74 Å². The second-order valence-electron chi connectivity index (χ2n) is 4.37. The van der Waals surface area contributed by atoms with Crippen LogP contribution in [0.25, 0.3) is 0 Å².